The number of terminal acetylenes is 1. The van der Waals surface area contributed by atoms with Crippen molar-refractivity contribution in [2.45, 2.75) is 25.7 Å². The second-order valence-corrected chi connectivity index (χ2v) is 15.4. The normalized spacial score (nSPS) is 12.7. The van der Waals surface area contributed by atoms with E-state index >= 15 is 0 Å². The molecular formula is C47H62N10O10. The molecule has 0 aliphatic carbocycles. The van der Waals surface area contributed by atoms with Crippen molar-refractivity contribution in [3.63, 3.8) is 0 Å². The number of H-pyrrole nitrogens is 1. The number of ketones is 1. The van der Waals surface area contributed by atoms with Gasteiger partial charge < -0.3 is 54.0 Å². The number of carbonyl (C=O) groups is 3. The van der Waals surface area contributed by atoms with Gasteiger partial charge in [0, 0.05) is 45.5 Å². The predicted molar refractivity (Wildman–Crippen MR) is 247 cm³/mol. The van der Waals surface area contributed by atoms with Crippen molar-refractivity contribution >= 4 is 34.1 Å². The monoisotopic (exact) mass is 926 g/mol. The highest BCUT2D eigenvalue weighted by molar-refractivity contribution is 6.45. The third-order valence-corrected chi connectivity index (χ3v) is 11.0. The Hall–Kier alpha value is -6.07. The molecule has 3 aromatic heterocycles. The first-order chi connectivity index (χ1) is 32.8. The second kappa shape index (κ2) is 28.9. The Balaban J connectivity index is 1.05. The van der Waals surface area contributed by atoms with Gasteiger partial charge in [-0.2, -0.15) is 9.94 Å². The number of aliphatic hydroxyl groups excluding tert-OH is 2. The van der Waals surface area contributed by atoms with Crippen molar-refractivity contribution in [1.82, 2.24) is 44.7 Å². The van der Waals surface area contributed by atoms with Crippen molar-refractivity contribution < 1.29 is 48.3 Å². The van der Waals surface area contributed by atoms with Crippen LogP contribution in [0.5, 0.6) is 5.75 Å². The van der Waals surface area contributed by atoms with Crippen LogP contribution in [0.15, 0.2) is 54.6 Å². The number of aliphatic hydroxyl groups is 2. The van der Waals surface area contributed by atoms with Crippen LogP contribution in [0.25, 0.3) is 22.3 Å². The first kappa shape index (κ1) is 51.9. The predicted octanol–water partition coefficient (Wildman–Crippen LogP) is 1.73. The van der Waals surface area contributed by atoms with Gasteiger partial charge in [0.2, 0.25) is 5.82 Å². The molecule has 0 atom stereocenters. The standard InChI is InChI=1S/C47H62N10O10/c1-3-24-64-26-28-66-30-31-67-29-27-65-25-21-55(20-23-59)16-8-15-54(19-22-58)14-7-13-49-46(61)44-52-35-57(53-44)45-42-41(40(63-2)34-51-45)39(33-50-42)43(60)47(62)56-17-11-37(12-18-56)38(32-48)36-9-5-4-6-10-36/h1,4-6,9-10,33-35,50,58-59H,7-8,11-31H2,2H3,(H,49,61). The summed E-state index contributed by atoms with van der Waals surface area (Å²) in [4.78, 5) is 57.9. The van der Waals surface area contributed by atoms with E-state index in [1.807, 2.05) is 30.3 Å². The molecule has 4 aromatic rings. The first-order valence-corrected chi connectivity index (χ1v) is 22.5. The molecule has 5 rings (SSSR count). The Kier molecular flexibility index (Phi) is 22.4. The number of aromatic nitrogens is 5. The highest BCUT2D eigenvalue weighted by Crippen LogP contribution is 2.33. The van der Waals surface area contributed by atoms with Crippen LogP contribution in [-0.4, -0.2) is 199 Å². The summed E-state index contributed by atoms with van der Waals surface area (Å²) in [5.74, 6) is 0.919. The summed E-state index contributed by atoms with van der Waals surface area (Å²) in [5, 5.41) is 36.7. The van der Waals surface area contributed by atoms with Gasteiger partial charge in [0.1, 0.15) is 18.7 Å². The van der Waals surface area contributed by atoms with Gasteiger partial charge in [-0.3, -0.25) is 19.3 Å². The molecule has 20 heteroatoms. The molecule has 1 fully saturated rings. The van der Waals surface area contributed by atoms with E-state index in [-0.39, 0.29) is 42.8 Å². The number of aromatic amines is 1. The number of ether oxygens (including phenoxy) is 5. The molecule has 1 saturated heterocycles. The Labute approximate surface area is 390 Å². The van der Waals surface area contributed by atoms with Crippen LogP contribution in [-0.2, 0) is 23.7 Å². The number of nitrogens with zero attached hydrogens (tertiary/aromatic N) is 8. The maximum atomic E-state index is 13.8. The van der Waals surface area contributed by atoms with Crippen LogP contribution in [0.1, 0.15) is 52.2 Å². The van der Waals surface area contributed by atoms with Gasteiger partial charge in [0.15, 0.2) is 5.82 Å². The topological polar surface area (TPSA) is 243 Å². The summed E-state index contributed by atoms with van der Waals surface area (Å²) >= 11 is 0. The summed E-state index contributed by atoms with van der Waals surface area (Å²) in [6.07, 6.45) is 11.7. The van der Waals surface area contributed by atoms with E-state index in [1.165, 1.54) is 35.4 Å². The van der Waals surface area contributed by atoms with Crippen LogP contribution in [0, 0.1) is 23.7 Å². The number of likely N-dealkylation sites (tertiary alicyclic amines) is 1. The van der Waals surface area contributed by atoms with Gasteiger partial charge in [-0.25, -0.2) is 9.97 Å². The molecule has 360 valence electrons. The van der Waals surface area contributed by atoms with Crippen molar-refractivity contribution in [2.24, 2.45) is 0 Å². The molecule has 0 saturated carbocycles. The van der Waals surface area contributed by atoms with Gasteiger partial charge >= 0.3 is 0 Å². The average Bonchev–Trinajstić information content (AvgIpc) is 4.04. The fourth-order valence-corrected chi connectivity index (χ4v) is 7.56. The smallest absolute Gasteiger partial charge is 0.295 e. The number of amides is 2. The molecule has 1 aromatic carbocycles. The molecule has 2 amide bonds. The van der Waals surface area contributed by atoms with E-state index in [0.717, 1.165) is 24.1 Å². The minimum atomic E-state index is -0.726. The van der Waals surface area contributed by atoms with Crippen molar-refractivity contribution in [3.05, 3.63) is 71.6 Å². The zero-order chi connectivity index (χ0) is 47.6. The van der Waals surface area contributed by atoms with E-state index in [0.29, 0.717) is 134 Å². The van der Waals surface area contributed by atoms with Crippen LogP contribution in [0.4, 0.5) is 0 Å². The molecule has 0 bridgehead atoms. The van der Waals surface area contributed by atoms with Gasteiger partial charge in [-0.05, 0) is 56.5 Å². The lowest BCUT2D eigenvalue weighted by molar-refractivity contribution is -0.126. The Morgan fingerprint density at radius 2 is 1.51 bits per heavy atom. The highest BCUT2D eigenvalue weighted by atomic mass is 16.6. The minimum absolute atomic E-state index is 0.00598. The number of Topliss-reactive ketones (excluding diaryl/α,β-unsaturated/α-hetero) is 1. The van der Waals surface area contributed by atoms with Crippen molar-refractivity contribution in [3.8, 4) is 30.0 Å². The van der Waals surface area contributed by atoms with E-state index in [4.69, 9.17) is 30.1 Å². The van der Waals surface area contributed by atoms with E-state index in [1.54, 1.807) is 0 Å². The van der Waals surface area contributed by atoms with Crippen LogP contribution < -0.4 is 10.1 Å². The summed E-state index contributed by atoms with van der Waals surface area (Å²) < 4.78 is 28.6. The largest absolute Gasteiger partial charge is 0.494 e. The summed E-state index contributed by atoms with van der Waals surface area (Å²) in [7, 11) is 1.44. The minimum Gasteiger partial charge on any atom is -0.494 e. The number of rotatable bonds is 31. The molecule has 1 aliphatic rings. The van der Waals surface area contributed by atoms with E-state index in [9.17, 15) is 29.9 Å². The van der Waals surface area contributed by atoms with Gasteiger partial charge in [-0.15, -0.1) is 11.5 Å². The molecule has 4 heterocycles. The molecule has 0 unspecified atom stereocenters. The molecule has 67 heavy (non-hydrogen) atoms. The number of allylic oxidation sites excluding steroid dienone is 1. The number of carbonyl (C=O) groups excluding carboxylic acids is 3. The van der Waals surface area contributed by atoms with Crippen LogP contribution in [0.2, 0.25) is 0 Å². The molecular weight excluding hydrogens is 865 g/mol. The number of methoxy groups -OCH3 is 1. The quantitative estimate of drug-likeness (QED) is 0.0185. The molecule has 20 nitrogen and oxygen atoms in total. The van der Waals surface area contributed by atoms with Crippen LogP contribution in [0.3, 0.4) is 0 Å². The number of piperidine rings is 1. The van der Waals surface area contributed by atoms with Crippen LogP contribution >= 0.6 is 0 Å². The SMILES string of the molecule is C#CCOCCOCCOCCOCCN(CCO)CCCN(CCO)CCCNC(=O)c1ncn(-c2ncc(OC)c3c(C(=O)C(=O)N4CCC(=C(C#N)c5ccccc5)CC4)c[nH]c23)n1. The first-order valence-electron chi connectivity index (χ1n) is 22.5. The second-order valence-electron chi connectivity index (χ2n) is 15.4. The summed E-state index contributed by atoms with van der Waals surface area (Å²) in [6, 6.07) is 11.7. The summed E-state index contributed by atoms with van der Waals surface area (Å²) in [5.41, 5.74) is 2.82. The zero-order valence-corrected chi connectivity index (χ0v) is 38.2. The third-order valence-electron chi connectivity index (χ3n) is 11.0. The van der Waals surface area contributed by atoms with Gasteiger partial charge in [0.05, 0.1) is 101 Å². The van der Waals surface area contributed by atoms with Gasteiger partial charge in [0.25, 0.3) is 17.6 Å². The Bertz CT molecular complexity index is 2280. The van der Waals surface area contributed by atoms with E-state index < -0.39 is 17.6 Å². The summed E-state index contributed by atoms with van der Waals surface area (Å²) in [6.45, 7) is 8.19. The number of nitriles is 1. The Morgan fingerprint density at radius 1 is 0.866 bits per heavy atom. The zero-order valence-electron chi connectivity index (χ0n) is 38.2. The lowest BCUT2D eigenvalue weighted by Crippen LogP contribution is -2.40. The number of pyridine rings is 1. The third kappa shape index (κ3) is 15.8. The maximum absolute atomic E-state index is 13.8. The molecule has 0 spiro atoms. The average molecular weight is 927 g/mol. The molecule has 4 N–H and O–H groups in total. The van der Waals surface area contributed by atoms with Crippen molar-refractivity contribution in [1.29, 1.82) is 5.26 Å². The van der Waals surface area contributed by atoms with Crippen molar-refractivity contribution in [2.75, 3.05) is 132 Å². The highest BCUT2D eigenvalue weighted by Gasteiger charge is 2.30. The molecule has 0 radical (unpaired) electrons. The fourth-order valence-electron chi connectivity index (χ4n) is 7.56. The number of nitrogens with one attached hydrogen (secondary N) is 2. The maximum Gasteiger partial charge on any atom is 0.295 e. The van der Waals surface area contributed by atoms with Gasteiger partial charge in [-0.1, -0.05) is 36.3 Å². The Morgan fingerprint density at radius 3 is 2.15 bits per heavy atom. The molecule has 1 aliphatic heterocycles. The fraction of sp³-hybridized carbons (Fsp3) is 0.511. The lowest BCUT2D eigenvalue weighted by Gasteiger charge is -2.28. The number of hydrogen-bond acceptors (Lipinski definition) is 16. The lowest BCUT2D eigenvalue weighted by atomic mass is 9.93. The number of benzene rings is 1. The van der Waals surface area contributed by atoms with E-state index in [2.05, 4.69) is 47.2 Å². The number of fused-ring (bicyclic) bond motifs is 1. The number of hydrogen-bond donors (Lipinski definition) is 4.